The van der Waals surface area contributed by atoms with Gasteiger partial charge in [-0.1, -0.05) is 13.8 Å². The lowest BCUT2D eigenvalue weighted by Gasteiger charge is -2.24. The molecular formula is C19H22N6OS. The molecule has 1 unspecified atom stereocenters. The van der Waals surface area contributed by atoms with Gasteiger partial charge in [-0.15, -0.1) is 11.3 Å². The number of likely N-dealkylation sites (tertiary alicyclic amines) is 1. The van der Waals surface area contributed by atoms with Crippen LogP contribution in [0.1, 0.15) is 65.5 Å². The SMILES string of the molecule is Cc1ncsc1C(=O)N1CCCC1c1cncc(-n2ccnc2C(C)C)n1. The smallest absolute Gasteiger partial charge is 0.266 e. The zero-order valence-corrected chi connectivity index (χ0v) is 16.5. The molecule has 3 aromatic heterocycles. The van der Waals surface area contributed by atoms with Crippen LogP contribution in [-0.2, 0) is 0 Å². The van der Waals surface area contributed by atoms with Crippen molar-refractivity contribution in [3.8, 4) is 5.82 Å². The summed E-state index contributed by atoms with van der Waals surface area (Å²) in [4.78, 5) is 33.5. The third-order valence-corrected chi connectivity index (χ3v) is 5.78. The number of carbonyl (C=O) groups excluding carboxylic acids is 1. The molecule has 1 fully saturated rings. The Balaban J connectivity index is 1.66. The summed E-state index contributed by atoms with van der Waals surface area (Å²) < 4.78 is 1.97. The lowest BCUT2D eigenvalue weighted by atomic mass is 10.1. The van der Waals surface area contributed by atoms with E-state index in [2.05, 4.69) is 28.8 Å². The lowest BCUT2D eigenvalue weighted by molar-refractivity contribution is 0.0736. The first-order valence-electron chi connectivity index (χ1n) is 9.13. The van der Waals surface area contributed by atoms with Crippen molar-refractivity contribution in [2.24, 2.45) is 0 Å². The Morgan fingerprint density at radius 2 is 2.15 bits per heavy atom. The second kappa shape index (κ2) is 7.19. The molecule has 1 atom stereocenters. The normalized spacial score (nSPS) is 17.0. The summed E-state index contributed by atoms with van der Waals surface area (Å²) in [5, 5.41) is 0. The fourth-order valence-corrected chi connectivity index (χ4v) is 4.30. The van der Waals surface area contributed by atoms with Gasteiger partial charge in [-0.2, -0.15) is 0 Å². The number of thiazole rings is 1. The van der Waals surface area contributed by atoms with E-state index in [1.165, 1.54) is 11.3 Å². The van der Waals surface area contributed by atoms with Crippen LogP contribution in [0.5, 0.6) is 0 Å². The van der Waals surface area contributed by atoms with Gasteiger partial charge in [0, 0.05) is 24.9 Å². The predicted molar refractivity (Wildman–Crippen MR) is 103 cm³/mol. The van der Waals surface area contributed by atoms with Gasteiger partial charge in [0.25, 0.3) is 5.91 Å². The molecule has 8 heteroatoms. The molecule has 0 aromatic carbocycles. The second-order valence-corrected chi connectivity index (χ2v) is 7.89. The Morgan fingerprint density at radius 3 is 2.89 bits per heavy atom. The highest BCUT2D eigenvalue weighted by Crippen LogP contribution is 2.33. The number of carbonyl (C=O) groups is 1. The third kappa shape index (κ3) is 3.25. The van der Waals surface area contributed by atoms with Crippen LogP contribution in [0.25, 0.3) is 5.82 Å². The monoisotopic (exact) mass is 382 g/mol. The number of rotatable bonds is 4. The summed E-state index contributed by atoms with van der Waals surface area (Å²) >= 11 is 1.40. The summed E-state index contributed by atoms with van der Waals surface area (Å²) in [5.41, 5.74) is 3.33. The maximum atomic E-state index is 13.0. The molecule has 4 rings (SSSR count). The maximum Gasteiger partial charge on any atom is 0.266 e. The number of nitrogens with zero attached hydrogens (tertiary/aromatic N) is 6. The summed E-state index contributed by atoms with van der Waals surface area (Å²) in [6.45, 7) is 6.81. The van der Waals surface area contributed by atoms with Gasteiger partial charge in [0.05, 0.1) is 35.3 Å². The summed E-state index contributed by atoms with van der Waals surface area (Å²) in [5.74, 6) is 2.00. The van der Waals surface area contributed by atoms with E-state index in [1.54, 1.807) is 24.1 Å². The van der Waals surface area contributed by atoms with Crippen LogP contribution in [0.4, 0.5) is 0 Å². The van der Waals surface area contributed by atoms with Gasteiger partial charge in [0.15, 0.2) is 5.82 Å². The molecule has 4 heterocycles. The summed E-state index contributed by atoms with van der Waals surface area (Å²) in [7, 11) is 0. The molecule has 1 saturated heterocycles. The molecule has 0 bridgehead atoms. The van der Waals surface area contributed by atoms with Crippen molar-refractivity contribution >= 4 is 17.2 Å². The topological polar surface area (TPSA) is 76.8 Å². The zero-order chi connectivity index (χ0) is 19.0. The van der Waals surface area contributed by atoms with Crippen molar-refractivity contribution in [3.63, 3.8) is 0 Å². The average molecular weight is 382 g/mol. The molecule has 0 saturated carbocycles. The molecule has 1 amide bonds. The highest BCUT2D eigenvalue weighted by molar-refractivity contribution is 7.11. The van der Waals surface area contributed by atoms with Gasteiger partial charge in [0.2, 0.25) is 0 Å². The van der Waals surface area contributed by atoms with Crippen molar-refractivity contribution in [2.75, 3.05) is 6.54 Å². The second-order valence-electron chi connectivity index (χ2n) is 7.04. The molecule has 27 heavy (non-hydrogen) atoms. The molecule has 0 spiro atoms. The standard InChI is InChI=1S/C19H22N6OS/c1-12(2)18-21-6-8-25(18)16-10-20-9-14(23-16)15-5-4-7-24(15)19(26)17-13(3)22-11-27-17/h6,8-12,15H,4-5,7H2,1-3H3. The number of amides is 1. The van der Waals surface area contributed by atoms with Gasteiger partial charge in [0.1, 0.15) is 10.7 Å². The Bertz CT molecular complexity index is 963. The molecule has 3 aromatic rings. The number of aromatic nitrogens is 5. The fraction of sp³-hybridized carbons (Fsp3) is 0.421. The van der Waals surface area contributed by atoms with Crippen LogP contribution in [0.2, 0.25) is 0 Å². The van der Waals surface area contributed by atoms with Crippen LogP contribution < -0.4 is 0 Å². The third-order valence-electron chi connectivity index (χ3n) is 4.87. The van der Waals surface area contributed by atoms with Gasteiger partial charge in [-0.3, -0.25) is 14.3 Å². The minimum Gasteiger partial charge on any atom is -0.329 e. The van der Waals surface area contributed by atoms with Crippen molar-refractivity contribution in [2.45, 2.75) is 45.6 Å². The first-order valence-corrected chi connectivity index (χ1v) is 10.0. The first-order chi connectivity index (χ1) is 13.1. The summed E-state index contributed by atoms with van der Waals surface area (Å²) in [6, 6.07) is -0.0579. The van der Waals surface area contributed by atoms with E-state index in [-0.39, 0.29) is 17.9 Å². The Kier molecular flexibility index (Phi) is 4.73. The van der Waals surface area contributed by atoms with Crippen molar-refractivity contribution in [1.82, 2.24) is 29.4 Å². The van der Waals surface area contributed by atoms with E-state index >= 15 is 0 Å². The van der Waals surface area contributed by atoms with Crippen LogP contribution >= 0.6 is 11.3 Å². The van der Waals surface area contributed by atoms with E-state index in [1.807, 2.05) is 22.6 Å². The lowest BCUT2D eigenvalue weighted by Crippen LogP contribution is -2.31. The molecule has 0 aliphatic carbocycles. The van der Waals surface area contributed by atoms with Crippen LogP contribution in [-0.4, -0.2) is 41.9 Å². The maximum absolute atomic E-state index is 13.0. The average Bonchev–Trinajstić information content (AvgIpc) is 3.41. The highest BCUT2D eigenvalue weighted by Gasteiger charge is 2.33. The Hall–Kier alpha value is -2.61. The molecule has 0 N–H and O–H groups in total. The molecule has 1 aliphatic rings. The summed E-state index contributed by atoms with van der Waals surface area (Å²) in [6.07, 6.45) is 9.05. The zero-order valence-electron chi connectivity index (χ0n) is 15.7. The molecule has 140 valence electrons. The van der Waals surface area contributed by atoms with Gasteiger partial charge < -0.3 is 4.90 Å². The van der Waals surface area contributed by atoms with Crippen LogP contribution in [0, 0.1) is 6.92 Å². The van der Waals surface area contributed by atoms with Gasteiger partial charge >= 0.3 is 0 Å². The fourth-order valence-electron chi connectivity index (χ4n) is 3.54. The van der Waals surface area contributed by atoms with Gasteiger partial charge in [-0.05, 0) is 19.8 Å². The largest absolute Gasteiger partial charge is 0.329 e. The van der Waals surface area contributed by atoms with Crippen molar-refractivity contribution < 1.29 is 4.79 Å². The van der Waals surface area contributed by atoms with E-state index in [0.717, 1.165) is 42.4 Å². The van der Waals surface area contributed by atoms with E-state index in [0.29, 0.717) is 4.88 Å². The minimum atomic E-state index is -0.0579. The quantitative estimate of drug-likeness (QED) is 0.690. The molecule has 7 nitrogen and oxygen atoms in total. The first kappa shape index (κ1) is 17.8. The van der Waals surface area contributed by atoms with Crippen LogP contribution in [0.3, 0.4) is 0 Å². The van der Waals surface area contributed by atoms with Crippen molar-refractivity contribution in [3.05, 3.63) is 52.4 Å². The highest BCUT2D eigenvalue weighted by atomic mass is 32.1. The van der Waals surface area contributed by atoms with Gasteiger partial charge in [-0.25, -0.2) is 15.0 Å². The molecule has 0 radical (unpaired) electrons. The molecule has 1 aliphatic heterocycles. The Morgan fingerprint density at radius 1 is 1.30 bits per heavy atom. The van der Waals surface area contributed by atoms with Crippen molar-refractivity contribution in [1.29, 1.82) is 0 Å². The number of imidazole rings is 1. The number of aryl methyl sites for hydroxylation is 1. The van der Waals surface area contributed by atoms with E-state index in [9.17, 15) is 4.79 Å². The number of hydrogen-bond donors (Lipinski definition) is 0. The molecular weight excluding hydrogens is 360 g/mol. The minimum absolute atomic E-state index is 0.0372. The van der Waals surface area contributed by atoms with E-state index < -0.39 is 0 Å². The van der Waals surface area contributed by atoms with E-state index in [4.69, 9.17) is 4.98 Å². The van der Waals surface area contributed by atoms with Crippen LogP contribution in [0.15, 0.2) is 30.3 Å². The number of hydrogen-bond acceptors (Lipinski definition) is 6. The predicted octanol–water partition coefficient (Wildman–Crippen LogP) is 3.53. The Labute approximate surface area is 162 Å².